The number of amides is 7. The van der Waals surface area contributed by atoms with Gasteiger partial charge in [0.15, 0.2) is 0 Å². The van der Waals surface area contributed by atoms with Gasteiger partial charge in [-0.3, -0.25) is 38.4 Å². The van der Waals surface area contributed by atoms with Crippen LogP contribution in [0.5, 0.6) is 0 Å². The zero-order valence-corrected chi connectivity index (χ0v) is 38.2. The van der Waals surface area contributed by atoms with Crippen LogP contribution < -0.4 is 48.7 Å². The lowest BCUT2D eigenvalue weighted by Crippen LogP contribution is -2.62. The summed E-state index contributed by atoms with van der Waals surface area (Å²) in [5.41, 5.74) is 12.9. The molecule has 64 heavy (non-hydrogen) atoms. The summed E-state index contributed by atoms with van der Waals surface area (Å²) in [5, 5.41) is 37.9. The second-order valence-corrected chi connectivity index (χ2v) is 17.1. The molecule has 2 aromatic rings. The Labute approximate surface area is 377 Å². The Kier molecular flexibility index (Phi) is 24.1. The fourth-order valence-electron chi connectivity index (χ4n) is 6.34. The van der Waals surface area contributed by atoms with E-state index in [9.17, 15) is 43.5 Å². The van der Waals surface area contributed by atoms with Crippen molar-refractivity contribution in [1.82, 2.24) is 47.2 Å². The zero-order chi connectivity index (χ0) is 47.9. The summed E-state index contributed by atoms with van der Waals surface area (Å²) in [6.45, 7) is 7.54. The van der Waals surface area contributed by atoms with E-state index in [0.29, 0.717) is 42.8 Å². The highest BCUT2D eigenvalue weighted by molar-refractivity contribution is 7.98. The minimum Gasteiger partial charge on any atom is -0.480 e. The maximum atomic E-state index is 14.1. The molecule has 0 saturated carbocycles. The molecule has 2 rings (SSSR count). The highest BCUT2D eigenvalue weighted by Gasteiger charge is 2.36. The van der Waals surface area contributed by atoms with Crippen molar-refractivity contribution in [3.63, 3.8) is 0 Å². The van der Waals surface area contributed by atoms with Crippen LogP contribution in [0.4, 0.5) is 0 Å². The number of aromatic nitrogens is 2. The number of nitrogens with two attached hydrogens (primary N) is 2. The lowest BCUT2D eigenvalue weighted by atomic mass is 10.00. The van der Waals surface area contributed by atoms with E-state index in [-0.39, 0.29) is 19.3 Å². The summed E-state index contributed by atoms with van der Waals surface area (Å²) in [6.07, 6.45) is 4.43. The first kappa shape index (κ1) is 54.6. The summed E-state index contributed by atoms with van der Waals surface area (Å²) in [4.78, 5) is 113. The Balaban J connectivity index is 2.36. The summed E-state index contributed by atoms with van der Waals surface area (Å²) >= 11 is 1.53. The predicted octanol–water partition coefficient (Wildman–Crippen LogP) is -1.79. The van der Waals surface area contributed by atoms with Crippen LogP contribution in [0.2, 0.25) is 0 Å². The van der Waals surface area contributed by atoms with Crippen LogP contribution in [-0.4, -0.2) is 141 Å². The van der Waals surface area contributed by atoms with Gasteiger partial charge in [-0.25, -0.2) is 4.98 Å². The molecule has 1 heterocycles. The smallest absolute Gasteiger partial charge is 0.322 e. The van der Waals surface area contributed by atoms with Gasteiger partial charge in [-0.2, -0.15) is 11.8 Å². The van der Waals surface area contributed by atoms with Crippen LogP contribution >= 0.6 is 11.8 Å². The van der Waals surface area contributed by atoms with Crippen LogP contribution in [-0.2, 0) is 51.2 Å². The van der Waals surface area contributed by atoms with Crippen LogP contribution in [0.15, 0.2) is 42.9 Å². The number of carboxylic acids is 1. The first-order chi connectivity index (χ1) is 30.3. The van der Waals surface area contributed by atoms with Gasteiger partial charge in [0.25, 0.3) is 0 Å². The van der Waals surface area contributed by atoms with Crippen molar-refractivity contribution in [2.75, 3.05) is 25.1 Å². The third-order valence-electron chi connectivity index (χ3n) is 10.0. The van der Waals surface area contributed by atoms with E-state index >= 15 is 0 Å². The SMILES string of the molecule is CSCC[C@H](N)C(=O)N[C@H](C(=O)N[C@@H](CCCCN)C(=O)N[C@@H](Cc1ccccc1)C(=O)N[C@H](C(=O)N[C@H](C(=O)N[C@@H](Cc1cnc[nH]1)C(=O)NCC(=O)O)C(C)C)[C@@H](C)O)C(C)C. The van der Waals surface area contributed by atoms with E-state index in [1.54, 1.807) is 58.0 Å². The normalized spacial score (nSPS) is 15.0. The predicted molar refractivity (Wildman–Crippen MR) is 240 cm³/mol. The van der Waals surface area contributed by atoms with Crippen molar-refractivity contribution in [3.05, 3.63) is 54.1 Å². The Morgan fingerprint density at radius 2 is 1.22 bits per heavy atom. The number of benzene rings is 1. The van der Waals surface area contributed by atoms with Gasteiger partial charge in [0.05, 0.1) is 18.5 Å². The average molecular weight is 918 g/mol. The number of H-pyrrole nitrogens is 1. The summed E-state index contributed by atoms with van der Waals surface area (Å²) in [5.74, 6) is -7.02. The fraction of sp³-hybridized carbons (Fsp3) is 0.595. The number of carboxylic acid groups (broad SMARTS) is 1. The third kappa shape index (κ3) is 19.0. The van der Waals surface area contributed by atoms with Gasteiger partial charge in [-0.1, -0.05) is 58.0 Å². The summed E-state index contributed by atoms with van der Waals surface area (Å²) in [7, 11) is 0. The first-order valence-electron chi connectivity index (χ1n) is 21.2. The van der Waals surface area contributed by atoms with Crippen LogP contribution in [0.25, 0.3) is 0 Å². The van der Waals surface area contributed by atoms with Gasteiger partial charge in [0.2, 0.25) is 41.4 Å². The molecular weight excluding hydrogens is 851 g/mol. The number of nitrogens with one attached hydrogen (secondary N) is 8. The highest BCUT2D eigenvalue weighted by Crippen LogP contribution is 2.11. The maximum Gasteiger partial charge on any atom is 0.322 e. The number of aliphatic hydroxyl groups excluding tert-OH is 1. The molecule has 0 bridgehead atoms. The van der Waals surface area contributed by atoms with E-state index in [4.69, 9.17) is 16.6 Å². The first-order valence-corrected chi connectivity index (χ1v) is 22.6. The number of hydrogen-bond donors (Lipinski definition) is 12. The largest absolute Gasteiger partial charge is 0.480 e. The van der Waals surface area contributed by atoms with Gasteiger partial charge >= 0.3 is 5.97 Å². The van der Waals surface area contributed by atoms with Crippen molar-refractivity contribution < 1.29 is 48.6 Å². The third-order valence-corrected chi connectivity index (χ3v) is 10.7. The molecule has 0 radical (unpaired) electrons. The Morgan fingerprint density at radius 3 is 1.75 bits per heavy atom. The van der Waals surface area contributed by atoms with Gasteiger partial charge < -0.3 is 63.9 Å². The van der Waals surface area contributed by atoms with Gasteiger partial charge in [0, 0.05) is 24.7 Å². The minimum absolute atomic E-state index is 0.0761. The van der Waals surface area contributed by atoms with Crippen molar-refractivity contribution in [2.24, 2.45) is 23.3 Å². The van der Waals surface area contributed by atoms with Gasteiger partial charge in [-0.05, 0) is 68.6 Å². The number of aliphatic hydroxyl groups is 1. The topological polar surface area (TPSA) is 342 Å². The van der Waals surface area contributed by atoms with Crippen molar-refractivity contribution in [3.8, 4) is 0 Å². The fourth-order valence-corrected chi connectivity index (χ4v) is 6.83. The number of hydrogen-bond acceptors (Lipinski definition) is 13. The number of aromatic amines is 1. The number of aliphatic carboxylic acids is 1. The Morgan fingerprint density at radius 1 is 0.688 bits per heavy atom. The molecule has 7 amide bonds. The number of unbranched alkanes of at least 4 members (excludes halogenated alkanes) is 1. The number of carbonyl (C=O) groups excluding carboxylic acids is 7. The molecule has 1 aromatic carbocycles. The molecular formula is C42H67N11O10S. The van der Waals surface area contributed by atoms with Crippen molar-refractivity contribution in [1.29, 1.82) is 0 Å². The van der Waals surface area contributed by atoms with Gasteiger partial charge in [-0.15, -0.1) is 0 Å². The van der Waals surface area contributed by atoms with E-state index in [1.807, 2.05) is 6.26 Å². The Hall–Kier alpha value is -5.58. The molecule has 0 aliphatic heterocycles. The molecule has 0 fully saturated rings. The number of rotatable bonds is 29. The molecule has 1 aromatic heterocycles. The number of carbonyl (C=O) groups is 8. The number of imidazole rings is 1. The molecule has 0 aliphatic carbocycles. The zero-order valence-electron chi connectivity index (χ0n) is 37.3. The average Bonchev–Trinajstić information content (AvgIpc) is 3.76. The Bertz CT molecular complexity index is 1820. The minimum atomic E-state index is -1.66. The van der Waals surface area contributed by atoms with E-state index < -0.39 is 114 Å². The van der Waals surface area contributed by atoms with E-state index in [1.165, 1.54) is 31.2 Å². The van der Waals surface area contributed by atoms with Crippen molar-refractivity contribution >= 4 is 59.1 Å². The maximum absolute atomic E-state index is 14.1. The van der Waals surface area contributed by atoms with E-state index in [0.717, 1.165) is 0 Å². The quantitative estimate of drug-likeness (QED) is 0.0401. The second-order valence-electron chi connectivity index (χ2n) is 16.1. The highest BCUT2D eigenvalue weighted by atomic mass is 32.2. The summed E-state index contributed by atoms with van der Waals surface area (Å²) in [6, 6.07) is -0.0244. The molecule has 0 aliphatic rings. The standard InChI is InChI=1S/C42H67N11O10S/c1-23(2)33(51-36(57)28(44)15-17-64-6)40(61)48-29(14-10-11-16-43)38(59)49-30(18-26-12-8-7-9-13-26)39(60)53-35(25(5)54)42(63)52-34(24(3)4)41(62)50-31(19-27-20-45-22-47-27)37(58)46-21-32(55)56/h7-9,12-13,20,22-25,28-31,33-35,54H,10-11,14-19,21,43-44H2,1-6H3,(H,45,47)(H,46,58)(H,48,61)(H,49,59)(H,50,62)(H,51,57)(H,52,63)(H,53,60)(H,55,56)/t25-,28+,29+,30+,31+,33+,34+,35+/m1/s1. The molecule has 14 N–H and O–H groups in total. The molecule has 0 unspecified atom stereocenters. The lowest BCUT2D eigenvalue weighted by molar-refractivity contribution is -0.139. The van der Waals surface area contributed by atoms with Gasteiger partial charge in [0.1, 0.15) is 42.8 Å². The monoisotopic (exact) mass is 917 g/mol. The summed E-state index contributed by atoms with van der Waals surface area (Å²) < 4.78 is 0. The molecule has 21 nitrogen and oxygen atoms in total. The van der Waals surface area contributed by atoms with E-state index in [2.05, 4.69) is 47.2 Å². The molecule has 356 valence electrons. The molecule has 8 atom stereocenters. The second kappa shape index (κ2) is 28.3. The van der Waals surface area contributed by atoms with Crippen LogP contribution in [0.1, 0.15) is 71.6 Å². The molecule has 22 heteroatoms. The lowest BCUT2D eigenvalue weighted by Gasteiger charge is -2.30. The molecule has 0 saturated heterocycles. The number of thioether (sulfide) groups is 1. The number of nitrogens with zero attached hydrogens (tertiary/aromatic N) is 1. The van der Waals surface area contributed by atoms with Crippen molar-refractivity contribution in [2.45, 2.75) is 122 Å². The van der Waals surface area contributed by atoms with Crippen LogP contribution in [0, 0.1) is 11.8 Å². The van der Waals surface area contributed by atoms with Crippen LogP contribution in [0.3, 0.4) is 0 Å². The molecule has 0 spiro atoms.